The van der Waals surface area contributed by atoms with Crippen molar-refractivity contribution in [2.45, 2.75) is 26.4 Å². The van der Waals surface area contributed by atoms with Gasteiger partial charge in [-0.3, -0.25) is 10.1 Å². The molecule has 2 aromatic heterocycles. The zero-order valence-electron chi connectivity index (χ0n) is 10.7. The summed E-state index contributed by atoms with van der Waals surface area (Å²) < 4.78 is 5.57. The van der Waals surface area contributed by atoms with E-state index in [9.17, 15) is 4.79 Å². The van der Waals surface area contributed by atoms with Crippen molar-refractivity contribution in [3.63, 3.8) is 0 Å². The molecule has 7 heteroatoms. The lowest BCUT2D eigenvalue weighted by Gasteiger charge is -2.11. The minimum atomic E-state index is -0.256. The van der Waals surface area contributed by atoms with Gasteiger partial charge in [0.15, 0.2) is 0 Å². The summed E-state index contributed by atoms with van der Waals surface area (Å²) >= 11 is 1.26. The second-order valence-electron chi connectivity index (χ2n) is 3.92. The number of aromatic nitrogens is 3. The molecular weight excluding hydrogens is 264 g/mol. The average molecular weight is 278 g/mol. The van der Waals surface area contributed by atoms with Crippen molar-refractivity contribution >= 4 is 22.4 Å². The molecule has 2 heterocycles. The molecule has 0 aliphatic carbocycles. The molecule has 2 rings (SSSR count). The Morgan fingerprint density at radius 1 is 1.58 bits per heavy atom. The van der Waals surface area contributed by atoms with Crippen LogP contribution in [0.1, 0.15) is 30.6 Å². The summed E-state index contributed by atoms with van der Waals surface area (Å²) in [5.41, 5.74) is 2.03. The van der Waals surface area contributed by atoms with E-state index < -0.39 is 0 Å². The van der Waals surface area contributed by atoms with Crippen molar-refractivity contribution in [2.24, 2.45) is 0 Å². The standard InChI is InChI=1S/C12H14N4O2S/c1-3-8(2)18-10-6-9(4-5-13-10)11(17)15-12-16-14-7-19-12/h4-8H,3H2,1-2H3,(H,15,16,17)/t8-/m0/s1. The fourth-order valence-electron chi connectivity index (χ4n) is 1.30. The first-order valence-electron chi connectivity index (χ1n) is 5.89. The van der Waals surface area contributed by atoms with Crippen molar-refractivity contribution in [1.82, 2.24) is 15.2 Å². The van der Waals surface area contributed by atoms with Gasteiger partial charge in [0.2, 0.25) is 11.0 Å². The van der Waals surface area contributed by atoms with Gasteiger partial charge in [0.25, 0.3) is 5.91 Å². The molecule has 0 saturated carbocycles. The molecule has 19 heavy (non-hydrogen) atoms. The fraction of sp³-hybridized carbons (Fsp3) is 0.333. The maximum Gasteiger partial charge on any atom is 0.257 e. The van der Waals surface area contributed by atoms with Crippen LogP contribution >= 0.6 is 11.3 Å². The first-order chi connectivity index (χ1) is 9.19. The van der Waals surface area contributed by atoms with Crippen LogP contribution in [0, 0.1) is 0 Å². The van der Waals surface area contributed by atoms with Crippen LogP contribution in [0.4, 0.5) is 5.13 Å². The Kier molecular flexibility index (Phi) is 4.40. The molecule has 0 aromatic carbocycles. The number of anilines is 1. The Balaban J connectivity index is 2.07. The number of pyridine rings is 1. The molecule has 0 radical (unpaired) electrons. The van der Waals surface area contributed by atoms with E-state index in [1.165, 1.54) is 11.3 Å². The van der Waals surface area contributed by atoms with Crippen molar-refractivity contribution < 1.29 is 9.53 Å². The number of amides is 1. The third-order valence-corrected chi connectivity index (χ3v) is 3.08. The van der Waals surface area contributed by atoms with E-state index in [4.69, 9.17) is 4.74 Å². The molecule has 0 spiro atoms. The molecular formula is C12H14N4O2S. The Morgan fingerprint density at radius 3 is 3.11 bits per heavy atom. The Bertz CT molecular complexity index is 544. The molecule has 1 amide bonds. The Hall–Kier alpha value is -2.02. The summed E-state index contributed by atoms with van der Waals surface area (Å²) in [4.78, 5) is 16.0. The highest BCUT2D eigenvalue weighted by Crippen LogP contribution is 2.15. The molecule has 0 unspecified atom stereocenters. The van der Waals surface area contributed by atoms with Crippen LogP contribution in [0.25, 0.3) is 0 Å². The van der Waals surface area contributed by atoms with Crippen LogP contribution in [0.15, 0.2) is 23.8 Å². The second-order valence-corrected chi connectivity index (χ2v) is 4.75. The van der Waals surface area contributed by atoms with Crippen LogP contribution in [0.5, 0.6) is 5.88 Å². The van der Waals surface area contributed by atoms with Crippen molar-refractivity contribution in [2.75, 3.05) is 5.32 Å². The number of ether oxygens (including phenoxy) is 1. The minimum Gasteiger partial charge on any atom is -0.475 e. The maximum absolute atomic E-state index is 12.0. The molecule has 0 fully saturated rings. The predicted molar refractivity (Wildman–Crippen MR) is 72.5 cm³/mol. The smallest absolute Gasteiger partial charge is 0.257 e. The highest BCUT2D eigenvalue weighted by Gasteiger charge is 2.10. The van der Waals surface area contributed by atoms with E-state index >= 15 is 0 Å². The van der Waals surface area contributed by atoms with E-state index in [1.807, 2.05) is 13.8 Å². The highest BCUT2D eigenvalue weighted by atomic mass is 32.1. The first-order valence-corrected chi connectivity index (χ1v) is 6.77. The monoisotopic (exact) mass is 278 g/mol. The van der Waals surface area contributed by atoms with Crippen LogP contribution in [0.2, 0.25) is 0 Å². The van der Waals surface area contributed by atoms with Crippen LogP contribution in [0.3, 0.4) is 0 Å². The van der Waals surface area contributed by atoms with Crippen molar-refractivity contribution in [1.29, 1.82) is 0 Å². The molecule has 1 atom stereocenters. The maximum atomic E-state index is 12.0. The van der Waals surface area contributed by atoms with Gasteiger partial charge in [0, 0.05) is 17.8 Å². The summed E-state index contributed by atoms with van der Waals surface area (Å²) in [6.45, 7) is 3.98. The molecule has 0 bridgehead atoms. The molecule has 2 aromatic rings. The van der Waals surface area contributed by atoms with Crippen LogP contribution in [-0.2, 0) is 0 Å². The molecule has 0 saturated heterocycles. The van der Waals surface area contributed by atoms with E-state index in [1.54, 1.807) is 23.8 Å². The van der Waals surface area contributed by atoms with Gasteiger partial charge in [0.05, 0.1) is 6.10 Å². The summed E-state index contributed by atoms with van der Waals surface area (Å²) in [7, 11) is 0. The van der Waals surface area contributed by atoms with E-state index in [2.05, 4.69) is 20.5 Å². The van der Waals surface area contributed by atoms with Gasteiger partial charge in [-0.25, -0.2) is 4.98 Å². The Labute approximate surface area is 114 Å². The summed E-state index contributed by atoms with van der Waals surface area (Å²) in [6, 6.07) is 3.24. The number of nitrogens with zero attached hydrogens (tertiary/aromatic N) is 3. The lowest BCUT2D eigenvalue weighted by Crippen LogP contribution is -2.14. The average Bonchev–Trinajstić information content (AvgIpc) is 2.91. The van der Waals surface area contributed by atoms with Gasteiger partial charge in [-0.15, -0.1) is 10.2 Å². The second kappa shape index (κ2) is 6.24. The zero-order chi connectivity index (χ0) is 13.7. The van der Waals surface area contributed by atoms with Crippen LogP contribution < -0.4 is 10.1 Å². The topological polar surface area (TPSA) is 77.0 Å². The van der Waals surface area contributed by atoms with Gasteiger partial charge >= 0.3 is 0 Å². The third-order valence-electron chi connectivity index (χ3n) is 2.47. The van der Waals surface area contributed by atoms with Crippen LogP contribution in [-0.4, -0.2) is 27.2 Å². The number of nitrogens with one attached hydrogen (secondary N) is 1. The first kappa shape index (κ1) is 13.4. The largest absolute Gasteiger partial charge is 0.475 e. The van der Waals surface area contributed by atoms with Gasteiger partial charge in [-0.1, -0.05) is 18.3 Å². The number of hydrogen-bond acceptors (Lipinski definition) is 6. The SMILES string of the molecule is CC[C@H](C)Oc1cc(C(=O)Nc2nncs2)ccn1. The Morgan fingerprint density at radius 2 is 2.42 bits per heavy atom. The normalized spacial score (nSPS) is 11.9. The van der Waals surface area contributed by atoms with Gasteiger partial charge < -0.3 is 4.74 Å². The summed E-state index contributed by atoms with van der Waals surface area (Å²) in [5.74, 6) is 0.187. The van der Waals surface area contributed by atoms with Crippen molar-refractivity contribution in [3.05, 3.63) is 29.4 Å². The molecule has 0 aliphatic rings. The third kappa shape index (κ3) is 3.72. The number of carbonyl (C=O) groups excluding carboxylic acids is 1. The van der Waals surface area contributed by atoms with E-state index in [0.29, 0.717) is 16.6 Å². The van der Waals surface area contributed by atoms with E-state index in [-0.39, 0.29) is 12.0 Å². The molecule has 1 N–H and O–H groups in total. The summed E-state index contributed by atoms with van der Waals surface area (Å²) in [5, 5.41) is 10.5. The zero-order valence-corrected chi connectivity index (χ0v) is 11.5. The lowest BCUT2D eigenvalue weighted by molar-refractivity contribution is 0.102. The molecule has 100 valence electrons. The van der Waals surface area contributed by atoms with Crippen molar-refractivity contribution in [3.8, 4) is 5.88 Å². The lowest BCUT2D eigenvalue weighted by atomic mass is 10.2. The molecule has 6 nitrogen and oxygen atoms in total. The number of rotatable bonds is 5. The van der Waals surface area contributed by atoms with Gasteiger partial charge in [-0.2, -0.15) is 0 Å². The number of carbonyl (C=O) groups is 1. The van der Waals surface area contributed by atoms with Gasteiger partial charge in [-0.05, 0) is 19.4 Å². The highest BCUT2D eigenvalue weighted by molar-refractivity contribution is 7.13. The minimum absolute atomic E-state index is 0.0639. The predicted octanol–water partition coefficient (Wildman–Crippen LogP) is 2.36. The quantitative estimate of drug-likeness (QED) is 0.908. The molecule has 0 aliphatic heterocycles. The number of hydrogen-bond donors (Lipinski definition) is 1. The van der Waals surface area contributed by atoms with Gasteiger partial charge in [0.1, 0.15) is 5.51 Å². The summed E-state index contributed by atoms with van der Waals surface area (Å²) in [6.07, 6.45) is 2.49. The fourth-order valence-corrected chi connectivity index (χ4v) is 1.74. The van der Waals surface area contributed by atoms with E-state index in [0.717, 1.165) is 6.42 Å².